The van der Waals surface area contributed by atoms with Crippen LogP contribution in [0.5, 0.6) is 0 Å². The van der Waals surface area contributed by atoms with Crippen LogP contribution in [0.2, 0.25) is 0 Å². The number of halogens is 6. The second-order valence-electron chi connectivity index (χ2n) is 8.43. The smallest absolute Gasteiger partial charge is 0.354 e. The minimum atomic E-state index is -4.62. The number of hydrogen-bond donors (Lipinski definition) is 2. The Hall–Kier alpha value is -3.53. The average Bonchev–Trinajstić information content (AvgIpc) is 3.22. The summed E-state index contributed by atoms with van der Waals surface area (Å²) in [6.07, 6.45) is -6.67. The molecule has 1 saturated heterocycles. The van der Waals surface area contributed by atoms with E-state index in [4.69, 9.17) is 0 Å². The molecule has 16 heteroatoms. The minimum Gasteiger partial charge on any atom is -0.354 e. The first-order chi connectivity index (χ1) is 17.9. The second kappa shape index (κ2) is 11.1. The lowest BCUT2D eigenvalue weighted by Gasteiger charge is -2.35. The van der Waals surface area contributed by atoms with E-state index in [0.717, 1.165) is 17.7 Å². The lowest BCUT2D eigenvalue weighted by molar-refractivity contribution is -0.141. The van der Waals surface area contributed by atoms with Gasteiger partial charge < -0.3 is 15.5 Å². The van der Waals surface area contributed by atoms with Gasteiger partial charge in [0, 0.05) is 32.7 Å². The van der Waals surface area contributed by atoms with Crippen LogP contribution < -0.4 is 15.5 Å². The van der Waals surface area contributed by atoms with Gasteiger partial charge in [0.05, 0.1) is 42.0 Å². The van der Waals surface area contributed by atoms with Gasteiger partial charge in [0.2, 0.25) is 0 Å². The Bertz CT molecular complexity index is 1240. The minimum absolute atomic E-state index is 0.0141. The molecule has 0 aliphatic carbocycles. The first kappa shape index (κ1) is 27.5. The summed E-state index contributed by atoms with van der Waals surface area (Å²) >= 11 is 0.945. The third kappa shape index (κ3) is 7.06. The van der Waals surface area contributed by atoms with Crippen LogP contribution in [-0.2, 0) is 6.18 Å². The molecule has 0 unspecified atom stereocenters. The number of pyridine rings is 1. The number of amides is 1. The van der Waals surface area contributed by atoms with Gasteiger partial charge in [0.25, 0.3) is 5.91 Å². The molecule has 1 aliphatic heterocycles. The Morgan fingerprint density at radius 3 is 2.32 bits per heavy atom. The zero-order chi connectivity index (χ0) is 27.5. The lowest BCUT2D eigenvalue weighted by atomic mass is 10.2. The predicted molar refractivity (Wildman–Crippen MR) is 129 cm³/mol. The predicted octanol–water partition coefficient (Wildman–Crippen LogP) is 4.73. The summed E-state index contributed by atoms with van der Waals surface area (Å²) in [6.45, 7) is 3.61. The fourth-order valence-corrected chi connectivity index (χ4v) is 4.51. The highest BCUT2D eigenvalue weighted by molar-refractivity contribution is 7.10. The molecule has 0 saturated carbocycles. The molecule has 0 atom stereocenters. The zero-order valence-electron chi connectivity index (χ0n) is 19.9. The van der Waals surface area contributed by atoms with Crippen LogP contribution in [0.1, 0.15) is 28.2 Å². The number of piperazine rings is 1. The highest BCUT2D eigenvalue weighted by Gasteiger charge is 2.33. The first-order valence-electron chi connectivity index (χ1n) is 11.3. The van der Waals surface area contributed by atoms with E-state index in [-0.39, 0.29) is 22.9 Å². The molecule has 38 heavy (non-hydrogen) atoms. The number of rotatable bonds is 7. The van der Waals surface area contributed by atoms with Gasteiger partial charge in [-0.3, -0.25) is 9.69 Å². The fourth-order valence-electron chi connectivity index (χ4n) is 3.70. The molecule has 0 radical (unpaired) electrons. The highest BCUT2D eigenvalue weighted by atomic mass is 32.1. The summed E-state index contributed by atoms with van der Waals surface area (Å²) in [4.78, 5) is 28.1. The van der Waals surface area contributed by atoms with Gasteiger partial charge in [-0.2, -0.15) is 30.7 Å². The van der Waals surface area contributed by atoms with Crippen molar-refractivity contribution in [1.82, 2.24) is 24.2 Å². The molecule has 3 aromatic rings. The van der Waals surface area contributed by atoms with E-state index in [0.29, 0.717) is 49.6 Å². The molecule has 0 bridgehead atoms. The summed E-state index contributed by atoms with van der Waals surface area (Å²) in [5, 5.41) is 5.77. The standard InChI is InChI=1S/C22H22F6N8OS/c1-13-18(20(38-34-13)33-16-12-29-15(11-30-16)22(26,27)28)19(37)32-14-2-3-17(31-10-14)36-8-6-35(7-9-36)5-4-21(23,24)25/h2-3,10-12H,4-9H2,1H3,(H,30,33)(H,32,37). The SMILES string of the molecule is Cc1nsc(Nc2cnc(C(F)(F)F)cn2)c1C(=O)Nc1ccc(N2CCN(CCC(F)(F)F)CC2)nc1. The Morgan fingerprint density at radius 2 is 1.74 bits per heavy atom. The summed E-state index contributed by atoms with van der Waals surface area (Å²) in [5.41, 5.74) is -0.146. The normalized spacial score (nSPS) is 15.0. The van der Waals surface area contributed by atoms with Crippen molar-refractivity contribution in [2.45, 2.75) is 25.7 Å². The maximum absolute atomic E-state index is 13.0. The average molecular weight is 561 g/mol. The van der Waals surface area contributed by atoms with Crippen LogP contribution in [0.3, 0.4) is 0 Å². The van der Waals surface area contributed by atoms with E-state index in [9.17, 15) is 31.1 Å². The maximum Gasteiger partial charge on any atom is 0.434 e. The van der Waals surface area contributed by atoms with Crippen molar-refractivity contribution in [3.05, 3.63) is 47.7 Å². The Balaban J connectivity index is 1.35. The van der Waals surface area contributed by atoms with E-state index < -0.39 is 30.4 Å². The van der Waals surface area contributed by atoms with Gasteiger partial charge in [-0.1, -0.05) is 0 Å². The van der Waals surface area contributed by atoms with E-state index >= 15 is 0 Å². The molecular weight excluding hydrogens is 538 g/mol. The molecule has 3 aromatic heterocycles. The number of anilines is 4. The number of aryl methyl sites for hydroxylation is 1. The van der Waals surface area contributed by atoms with Gasteiger partial charge in [0.1, 0.15) is 16.6 Å². The quantitative estimate of drug-likeness (QED) is 0.401. The highest BCUT2D eigenvalue weighted by Crippen LogP contribution is 2.30. The van der Waals surface area contributed by atoms with Gasteiger partial charge in [-0.15, -0.1) is 0 Å². The molecule has 1 fully saturated rings. The van der Waals surface area contributed by atoms with Crippen molar-refractivity contribution in [3.63, 3.8) is 0 Å². The van der Waals surface area contributed by atoms with E-state index in [2.05, 4.69) is 30.0 Å². The van der Waals surface area contributed by atoms with Crippen molar-refractivity contribution in [2.75, 3.05) is 48.3 Å². The number of alkyl halides is 6. The molecule has 0 aromatic carbocycles. The third-order valence-corrected chi connectivity index (χ3v) is 6.54. The number of nitrogens with one attached hydrogen (secondary N) is 2. The Kier molecular flexibility index (Phi) is 8.01. The van der Waals surface area contributed by atoms with Crippen molar-refractivity contribution < 1.29 is 31.1 Å². The molecule has 204 valence electrons. The van der Waals surface area contributed by atoms with E-state index in [1.54, 1.807) is 24.0 Å². The van der Waals surface area contributed by atoms with Crippen molar-refractivity contribution in [3.8, 4) is 0 Å². The third-order valence-electron chi connectivity index (χ3n) is 5.69. The lowest BCUT2D eigenvalue weighted by Crippen LogP contribution is -2.47. The summed E-state index contributed by atoms with van der Waals surface area (Å²) in [6, 6.07) is 3.36. The van der Waals surface area contributed by atoms with Gasteiger partial charge in [-0.05, 0) is 30.6 Å². The molecular formula is C22H22F6N8OS. The molecule has 4 rings (SSSR count). The summed E-state index contributed by atoms with van der Waals surface area (Å²) < 4.78 is 79.6. The second-order valence-corrected chi connectivity index (χ2v) is 9.21. The Morgan fingerprint density at radius 1 is 1.00 bits per heavy atom. The Labute approximate surface area is 217 Å². The molecule has 0 spiro atoms. The molecule has 1 aliphatic rings. The fraction of sp³-hybridized carbons (Fsp3) is 0.409. The molecule has 1 amide bonds. The van der Waals surface area contributed by atoms with Gasteiger partial charge >= 0.3 is 12.4 Å². The maximum atomic E-state index is 13.0. The van der Waals surface area contributed by atoms with E-state index in [1.165, 1.54) is 6.20 Å². The van der Waals surface area contributed by atoms with Crippen LogP contribution in [0.25, 0.3) is 0 Å². The number of hydrogen-bond acceptors (Lipinski definition) is 9. The van der Waals surface area contributed by atoms with E-state index in [1.807, 2.05) is 4.90 Å². The number of carbonyl (C=O) groups excluding carboxylic acids is 1. The summed E-state index contributed by atoms with van der Waals surface area (Å²) in [5.74, 6) is 0.141. The van der Waals surface area contributed by atoms with Crippen LogP contribution in [0, 0.1) is 6.92 Å². The van der Waals surface area contributed by atoms with Crippen LogP contribution in [0.4, 0.5) is 48.7 Å². The largest absolute Gasteiger partial charge is 0.434 e. The zero-order valence-corrected chi connectivity index (χ0v) is 20.7. The monoisotopic (exact) mass is 560 g/mol. The number of aromatic nitrogens is 4. The van der Waals surface area contributed by atoms with Crippen molar-refractivity contribution in [2.24, 2.45) is 0 Å². The van der Waals surface area contributed by atoms with Crippen LogP contribution >= 0.6 is 11.5 Å². The molecule has 2 N–H and O–H groups in total. The molecule has 9 nitrogen and oxygen atoms in total. The van der Waals surface area contributed by atoms with Crippen molar-refractivity contribution in [1.29, 1.82) is 0 Å². The topological polar surface area (TPSA) is 99.2 Å². The summed E-state index contributed by atoms with van der Waals surface area (Å²) in [7, 11) is 0. The van der Waals surface area contributed by atoms with Gasteiger partial charge in [-0.25, -0.2) is 15.0 Å². The van der Waals surface area contributed by atoms with Crippen molar-refractivity contribution >= 4 is 39.8 Å². The molecule has 4 heterocycles. The van der Waals surface area contributed by atoms with Crippen LogP contribution in [-0.4, -0.2) is 69.0 Å². The first-order valence-corrected chi connectivity index (χ1v) is 12.1. The number of carbonyl (C=O) groups is 1. The number of nitrogens with zero attached hydrogens (tertiary/aromatic N) is 6. The van der Waals surface area contributed by atoms with Crippen LogP contribution in [0.15, 0.2) is 30.7 Å². The van der Waals surface area contributed by atoms with Gasteiger partial charge in [0.15, 0.2) is 5.69 Å².